The third-order valence-electron chi connectivity index (χ3n) is 4.05. The van der Waals surface area contributed by atoms with Crippen molar-refractivity contribution in [3.05, 3.63) is 60.2 Å². The largest absolute Gasteiger partial charge is 0.466 e. The van der Waals surface area contributed by atoms with Crippen LogP contribution in [0.15, 0.2) is 54.6 Å². The molecule has 134 valence electrons. The fraction of sp³-hybridized carbons (Fsp3) is 0.200. The number of para-hydroxylation sites is 3. The van der Waals surface area contributed by atoms with Gasteiger partial charge in [0.05, 0.1) is 20.3 Å². The molecule has 6 heteroatoms. The number of anilines is 2. The molecular formula is C20H22N3O3+. The van der Waals surface area contributed by atoms with Crippen LogP contribution in [-0.2, 0) is 20.8 Å². The average molecular weight is 352 g/mol. The van der Waals surface area contributed by atoms with E-state index in [0.29, 0.717) is 13.2 Å². The molecule has 0 unspecified atom stereocenters. The van der Waals surface area contributed by atoms with Gasteiger partial charge in [0.25, 0.3) is 0 Å². The van der Waals surface area contributed by atoms with E-state index in [4.69, 9.17) is 4.74 Å². The number of hydrogen-bond acceptors (Lipinski definition) is 4. The van der Waals surface area contributed by atoms with Gasteiger partial charge in [-0.2, -0.15) is 0 Å². The van der Waals surface area contributed by atoms with Gasteiger partial charge >= 0.3 is 11.9 Å². The number of H-pyrrole nitrogens is 1. The van der Waals surface area contributed by atoms with Crippen LogP contribution in [0.4, 0.5) is 11.6 Å². The van der Waals surface area contributed by atoms with Crippen molar-refractivity contribution in [2.75, 3.05) is 26.1 Å². The highest BCUT2D eigenvalue weighted by molar-refractivity contribution is 5.88. The van der Waals surface area contributed by atoms with Crippen molar-refractivity contribution in [1.82, 2.24) is 4.98 Å². The smallest absolute Gasteiger partial charge is 0.361 e. The molecule has 0 atom stereocenters. The van der Waals surface area contributed by atoms with E-state index in [-0.39, 0.29) is 5.97 Å². The number of imidazole rings is 1. The zero-order chi connectivity index (χ0) is 18.4. The van der Waals surface area contributed by atoms with Crippen LogP contribution in [0.3, 0.4) is 0 Å². The lowest BCUT2D eigenvalue weighted by atomic mass is 10.1. The van der Waals surface area contributed by atoms with E-state index in [2.05, 4.69) is 25.7 Å². The van der Waals surface area contributed by atoms with Crippen molar-refractivity contribution in [3.8, 4) is 0 Å². The summed E-state index contributed by atoms with van der Waals surface area (Å²) in [4.78, 5) is 14.8. The predicted octanol–water partition coefficient (Wildman–Crippen LogP) is 3.03. The summed E-state index contributed by atoms with van der Waals surface area (Å²) in [6.07, 6.45) is 3.14. The summed E-state index contributed by atoms with van der Waals surface area (Å²) < 4.78 is 12.0. The molecule has 26 heavy (non-hydrogen) atoms. The first kappa shape index (κ1) is 17.7. The highest BCUT2D eigenvalue weighted by Gasteiger charge is 2.18. The van der Waals surface area contributed by atoms with E-state index in [0.717, 1.165) is 28.2 Å². The number of nitrogens with zero attached hydrogens (tertiary/aromatic N) is 1. The molecular weight excluding hydrogens is 330 g/mol. The number of hydrogen-bond donors (Lipinski definition) is 2. The van der Waals surface area contributed by atoms with Gasteiger partial charge in [0.1, 0.15) is 16.7 Å². The number of aromatic amines is 1. The molecule has 0 saturated heterocycles. The first-order chi connectivity index (χ1) is 12.7. The van der Waals surface area contributed by atoms with E-state index in [1.807, 2.05) is 42.5 Å². The lowest BCUT2D eigenvalue weighted by Crippen LogP contribution is -2.37. The van der Waals surface area contributed by atoms with E-state index < -0.39 is 0 Å². The molecule has 0 aliphatic heterocycles. The van der Waals surface area contributed by atoms with E-state index in [9.17, 15) is 4.79 Å². The summed E-state index contributed by atoms with van der Waals surface area (Å²) in [5, 5.41) is 3.43. The Morgan fingerprint density at radius 3 is 2.73 bits per heavy atom. The molecule has 0 fully saturated rings. The van der Waals surface area contributed by atoms with Crippen molar-refractivity contribution in [1.29, 1.82) is 0 Å². The number of esters is 1. The molecule has 1 heterocycles. The minimum Gasteiger partial charge on any atom is -0.466 e. The summed E-state index contributed by atoms with van der Waals surface area (Å²) in [5.74, 6) is 0.461. The van der Waals surface area contributed by atoms with E-state index in [1.165, 1.54) is 13.2 Å². The molecule has 3 rings (SSSR count). The Labute approximate surface area is 152 Å². The second-order valence-electron chi connectivity index (χ2n) is 5.70. The molecule has 0 bridgehead atoms. The fourth-order valence-electron chi connectivity index (χ4n) is 2.75. The lowest BCUT2D eigenvalue weighted by Gasteiger charge is -2.06. The van der Waals surface area contributed by atoms with Crippen molar-refractivity contribution in [2.45, 2.75) is 6.54 Å². The predicted molar refractivity (Wildman–Crippen MR) is 101 cm³/mol. The minimum atomic E-state index is -0.388. The lowest BCUT2D eigenvalue weighted by molar-refractivity contribution is -0.658. The van der Waals surface area contributed by atoms with Crippen LogP contribution >= 0.6 is 0 Å². The number of carbonyl (C=O) groups is 1. The Bertz CT molecular complexity index is 931. The zero-order valence-corrected chi connectivity index (χ0v) is 14.9. The van der Waals surface area contributed by atoms with Crippen LogP contribution in [0.5, 0.6) is 0 Å². The maximum absolute atomic E-state index is 11.4. The molecule has 2 aromatic carbocycles. The number of nitrogens with one attached hydrogen (secondary N) is 2. The number of ether oxygens (including phenoxy) is 2. The second kappa shape index (κ2) is 8.31. The van der Waals surface area contributed by atoms with Crippen molar-refractivity contribution < 1.29 is 18.8 Å². The molecule has 0 radical (unpaired) electrons. The van der Waals surface area contributed by atoms with Crippen LogP contribution in [0.1, 0.15) is 5.56 Å². The van der Waals surface area contributed by atoms with E-state index >= 15 is 0 Å². The normalized spacial score (nSPS) is 11.2. The van der Waals surface area contributed by atoms with Gasteiger partial charge in [-0.15, -0.1) is 0 Å². The summed E-state index contributed by atoms with van der Waals surface area (Å²) in [6.45, 7) is 1.31. The van der Waals surface area contributed by atoms with Gasteiger partial charge in [-0.1, -0.05) is 30.3 Å². The summed E-state index contributed by atoms with van der Waals surface area (Å²) >= 11 is 0. The van der Waals surface area contributed by atoms with Gasteiger partial charge in [0, 0.05) is 18.7 Å². The molecule has 3 aromatic rings. The molecule has 1 aromatic heterocycles. The van der Waals surface area contributed by atoms with Crippen molar-refractivity contribution in [2.24, 2.45) is 0 Å². The van der Waals surface area contributed by atoms with Crippen molar-refractivity contribution >= 4 is 34.7 Å². The minimum absolute atomic E-state index is 0.388. The third-order valence-corrected chi connectivity index (χ3v) is 4.05. The average Bonchev–Trinajstić information content (AvgIpc) is 3.02. The maximum Gasteiger partial charge on any atom is 0.361 e. The van der Waals surface area contributed by atoms with Gasteiger partial charge in [0.2, 0.25) is 0 Å². The van der Waals surface area contributed by atoms with Crippen LogP contribution in [0, 0.1) is 0 Å². The monoisotopic (exact) mass is 352 g/mol. The Kier molecular flexibility index (Phi) is 5.66. The standard InChI is InChI=1S/C20H21N3O3/c1-25-14-13-23-18-10-6-5-9-17(18)22-20(23)21-16-8-4-3-7-15(16)11-12-19(24)26-2/h3-12H,13-14H2,1-2H3,(H,21,22,24)/p+1. The SMILES string of the molecule is COCC[n+]1c(Nc2ccccc2/C=C/C(=O)OC)[nH]c2ccccc21. The first-order valence-corrected chi connectivity index (χ1v) is 8.34. The number of aromatic nitrogens is 2. The molecule has 2 N–H and O–H groups in total. The van der Waals surface area contributed by atoms with Crippen LogP contribution in [0.2, 0.25) is 0 Å². The number of rotatable bonds is 7. The molecule has 0 aliphatic carbocycles. The van der Waals surface area contributed by atoms with Crippen LogP contribution in [-0.4, -0.2) is 31.8 Å². The highest BCUT2D eigenvalue weighted by atomic mass is 16.5. The van der Waals surface area contributed by atoms with E-state index in [1.54, 1.807) is 13.2 Å². The van der Waals surface area contributed by atoms with Crippen LogP contribution < -0.4 is 9.88 Å². The Balaban J connectivity index is 1.96. The van der Waals surface area contributed by atoms with Crippen molar-refractivity contribution in [3.63, 3.8) is 0 Å². The zero-order valence-electron chi connectivity index (χ0n) is 14.9. The Hall–Kier alpha value is -3.12. The van der Waals surface area contributed by atoms with Gasteiger partial charge in [-0.25, -0.2) is 19.7 Å². The Morgan fingerprint density at radius 2 is 1.92 bits per heavy atom. The Morgan fingerprint density at radius 1 is 1.15 bits per heavy atom. The topological polar surface area (TPSA) is 67.2 Å². The quantitative estimate of drug-likeness (QED) is 0.390. The molecule has 0 aliphatic rings. The fourth-order valence-corrected chi connectivity index (χ4v) is 2.75. The highest BCUT2D eigenvalue weighted by Crippen LogP contribution is 2.21. The maximum atomic E-state index is 11.4. The third kappa shape index (κ3) is 3.92. The van der Waals surface area contributed by atoms with Gasteiger partial charge in [-0.05, 0) is 24.3 Å². The first-order valence-electron chi connectivity index (χ1n) is 8.34. The second-order valence-corrected chi connectivity index (χ2v) is 5.70. The van der Waals surface area contributed by atoms with Crippen LogP contribution in [0.25, 0.3) is 17.1 Å². The molecule has 0 spiro atoms. The molecule has 0 saturated carbocycles. The molecule has 6 nitrogen and oxygen atoms in total. The summed E-state index contributed by atoms with van der Waals surface area (Å²) in [7, 11) is 3.05. The number of benzene rings is 2. The number of carbonyl (C=O) groups excluding carboxylic acids is 1. The van der Waals surface area contributed by atoms with Gasteiger partial charge in [0.15, 0.2) is 0 Å². The summed E-state index contributed by atoms with van der Waals surface area (Å²) in [6, 6.07) is 15.9. The molecule has 0 amide bonds. The number of methoxy groups -OCH3 is 2. The number of fused-ring (bicyclic) bond motifs is 1. The van der Waals surface area contributed by atoms with Gasteiger partial charge in [-0.3, -0.25) is 0 Å². The van der Waals surface area contributed by atoms with Gasteiger partial charge < -0.3 is 9.47 Å². The summed E-state index contributed by atoms with van der Waals surface area (Å²) in [5.41, 5.74) is 3.89.